The van der Waals surface area contributed by atoms with Gasteiger partial charge in [0.2, 0.25) is 0 Å². The van der Waals surface area contributed by atoms with Gasteiger partial charge in [-0.3, -0.25) is 5.10 Å². The third kappa shape index (κ3) is 2.11. The molecule has 1 aromatic carbocycles. The highest BCUT2D eigenvalue weighted by Crippen LogP contribution is 2.42. The second-order valence-electron chi connectivity index (χ2n) is 4.79. The number of halogens is 1. The van der Waals surface area contributed by atoms with Crippen molar-refractivity contribution in [2.24, 2.45) is 0 Å². The molecule has 3 nitrogen and oxygen atoms in total. The Kier molecular flexibility index (Phi) is 3.28. The van der Waals surface area contributed by atoms with Crippen molar-refractivity contribution in [2.75, 3.05) is 5.73 Å². The average Bonchev–Trinajstić information content (AvgIpc) is 2.94. The summed E-state index contributed by atoms with van der Waals surface area (Å²) in [7, 11) is 0. The van der Waals surface area contributed by atoms with Crippen molar-refractivity contribution >= 4 is 28.8 Å². The molecule has 0 amide bonds. The number of nitrogens with two attached hydrogens (primary N) is 1. The van der Waals surface area contributed by atoms with E-state index in [-0.39, 0.29) is 0 Å². The predicted octanol–water partition coefficient (Wildman–Crippen LogP) is 4.66. The molecule has 5 heteroatoms. The highest BCUT2D eigenvalue weighted by molar-refractivity contribution is 7.14. The quantitative estimate of drug-likeness (QED) is 0.723. The molecule has 3 rings (SSSR count). The Balaban J connectivity index is 2.22. The molecular formula is C15H14ClN3S. The van der Waals surface area contributed by atoms with E-state index >= 15 is 0 Å². The molecule has 0 saturated carbocycles. The van der Waals surface area contributed by atoms with Gasteiger partial charge in [0.15, 0.2) is 5.82 Å². The molecule has 0 radical (unpaired) electrons. The smallest absolute Gasteiger partial charge is 0.153 e. The number of aromatic amines is 1. The summed E-state index contributed by atoms with van der Waals surface area (Å²) in [5.74, 6) is 0.493. The highest BCUT2D eigenvalue weighted by Gasteiger charge is 2.19. The molecule has 0 aliphatic heterocycles. The number of nitrogens with zero attached hydrogens (tertiary/aromatic N) is 1. The Hall–Kier alpha value is -1.78. The maximum absolute atomic E-state index is 6.37. The molecule has 2 heterocycles. The van der Waals surface area contributed by atoms with Crippen LogP contribution in [0.3, 0.4) is 0 Å². The lowest BCUT2D eigenvalue weighted by molar-refractivity contribution is 1.11. The van der Waals surface area contributed by atoms with Gasteiger partial charge < -0.3 is 5.73 Å². The molecule has 3 aromatic rings. The normalized spacial score (nSPS) is 10.9. The average molecular weight is 304 g/mol. The van der Waals surface area contributed by atoms with Gasteiger partial charge in [0.25, 0.3) is 0 Å². The van der Waals surface area contributed by atoms with Crippen molar-refractivity contribution < 1.29 is 0 Å². The van der Waals surface area contributed by atoms with Crippen molar-refractivity contribution in [3.05, 3.63) is 45.8 Å². The fourth-order valence-electron chi connectivity index (χ4n) is 2.21. The number of anilines is 1. The molecule has 0 atom stereocenters. The summed E-state index contributed by atoms with van der Waals surface area (Å²) >= 11 is 7.96. The first-order valence-electron chi connectivity index (χ1n) is 6.22. The summed E-state index contributed by atoms with van der Waals surface area (Å²) in [6.45, 7) is 4.05. The monoisotopic (exact) mass is 303 g/mol. The first-order valence-corrected chi connectivity index (χ1v) is 7.48. The van der Waals surface area contributed by atoms with Crippen LogP contribution >= 0.6 is 22.9 Å². The van der Waals surface area contributed by atoms with Crippen molar-refractivity contribution in [2.45, 2.75) is 13.8 Å². The van der Waals surface area contributed by atoms with Crippen LogP contribution in [0.5, 0.6) is 0 Å². The summed E-state index contributed by atoms with van der Waals surface area (Å²) in [4.78, 5) is 0.977. The van der Waals surface area contributed by atoms with E-state index in [0.29, 0.717) is 5.82 Å². The summed E-state index contributed by atoms with van der Waals surface area (Å²) in [5, 5.41) is 9.96. The van der Waals surface area contributed by atoms with Gasteiger partial charge in [-0.05, 0) is 30.4 Å². The molecular weight excluding hydrogens is 290 g/mol. The molecule has 0 spiro atoms. The van der Waals surface area contributed by atoms with Gasteiger partial charge in [-0.1, -0.05) is 41.4 Å². The minimum absolute atomic E-state index is 0.493. The maximum atomic E-state index is 6.37. The van der Waals surface area contributed by atoms with Crippen molar-refractivity contribution in [3.8, 4) is 21.7 Å². The molecule has 0 bridgehead atoms. The van der Waals surface area contributed by atoms with Crippen LogP contribution in [0, 0.1) is 13.8 Å². The van der Waals surface area contributed by atoms with Crippen LogP contribution in [0.4, 0.5) is 5.82 Å². The number of aryl methyl sites for hydroxylation is 2. The van der Waals surface area contributed by atoms with E-state index in [1.165, 1.54) is 5.56 Å². The van der Waals surface area contributed by atoms with Crippen LogP contribution in [0.1, 0.15) is 11.1 Å². The number of hydrogen-bond donors (Lipinski definition) is 2. The third-order valence-corrected chi connectivity index (χ3v) is 4.94. The number of aromatic nitrogens is 2. The molecule has 0 unspecified atom stereocenters. The van der Waals surface area contributed by atoms with Crippen LogP contribution in [0.15, 0.2) is 29.6 Å². The standard InChI is InChI=1S/C15H14ClN3S/c1-8-4-3-5-10(6-8)11-13(18-19-15(11)17)14-12(16)9(2)7-20-14/h3-7H,1-2H3,(H3,17,18,19). The van der Waals surface area contributed by atoms with Crippen molar-refractivity contribution in [3.63, 3.8) is 0 Å². The number of hydrogen-bond acceptors (Lipinski definition) is 3. The van der Waals surface area contributed by atoms with Crippen LogP contribution < -0.4 is 5.73 Å². The van der Waals surface area contributed by atoms with E-state index in [0.717, 1.165) is 32.3 Å². The lowest BCUT2D eigenvalue weighted by Gasteiger charge is -2.05. The largest absolute Gasteiger partial charge is 0.382 e. The van der Waals surface area contributed by atoms with Crippen molar-refractivity contribution in [1.29, 1.82) is 0 Å². The maximum Gasteiger partial charge on any atom is 0.153 e. The predicted molar refractivity (Wildman–Crippen MR) is 86.2 cm³/mol. The molecule has 0 aliphatic carbocycles. The van der Waals surface area contributed by atoms with Gasteiger partial charge in [-0.25, -0.2) is 0 Å². The molecule has 2 aromatic heterocycles. The summed E-state index contributed by atoms with van der Waals surface area (Å²) in [6.07, 6.45) is 0. The minimum Gasteiger partial charge on any atom is -0.382 e. The van der Waals surface area contributed by atoms with Gasteiger partial charge in [-0.2, -0.15) is 5.10 Å². The van der Waals surface area contributed by atoms with Crippen LogP contribution in [-0.2, 0) is 0 Å². The van der Waals surface area contributed by atoms with E-state index in [2.05, 4.69) is 29.3 Å². The van der Waals surface area contributed by atoms with Crippen LogP contribution in [0.2, 0.25) is 5.02 Å². The Labute approximate surface area is 126 Å². The molecule has 20 heavy (non-hydrogen) atoms. The fourth-order valence-corrected chi connectivity index (χ4v) is 3.50. The number of nitrogen functional groups attached to an aromatic ring is 1. The van der Waals surface area contributed by atoms with Gasteiger partial charge in [0.05, 0.1) is 21.2 Å². The third-order valence-electron chi connectivity index (χ3n) is 3.23. The first-order chi connectivity index (χ1) is 9.58. The first kappa shape index (κ1) is 13.2. The minimum atomic E-state index is 0.493. The van der Waals surface area contributed by atoms with E-state index in [9.17, 15) is 0 Å². The number of nitrogens with one attached hydrogen (secondary N) is 1. The van der Waals surface area contributed by atoms with Crippen LogP contribution in [0.25, 0.3) is 21.7 Å². The zero-order valence-electron chi connectivity index (χ0n) is 11.2. The Morgan fingerprint density at radius 3 is 2.75 bits per heavy atom. The fraction of sp³-hybridized carbons (Fsp3) is 0.133. The molecule has 102 valence electrons. The Morgan fingerprint density at radius 1 is 1.30 bits per heavy atom. The second-order valence-corrected chi connectivity index (χ2v) is 6.05. The Bertz CT molecular complexity index is 773. The highest BCUT2D eigenvalue weighted by atomic mass is 35.5. The van der Waals surface area contributed by atoms with E-state index < -0.39 is 0 Å². The number of rotatable bonds is 2. The van der Waals surface area contributed by atoms with Gasteiger partial charge in [-0.15, -0.1) is 11.3 Å². The lowest BCUT2D eigenvalue weighted by atomic mass is 10.0. The second kappa shape index (κ2) is 4.96. The lowest BCUT2D eigenvalue weighted by Crippen LogP contribution is -1.89. The van der Waals surface area contributed by atoms with E-state index in [4.69, 9.17) is 17.3 Å². The summed E-state index contributed by atoms with van der Waals surface area (Å²) in [6, 6.07) is 8.20. The zero-order valence-corrected chi connectivity index (χ0v) is 12.8. The zero-order chi connectivity index (χ0) is 14.3. The number of thiophene rings is 1. The van der Waals surface area contributed by atoms with Gasteiger partial charge in [0.1, 0.15) is 0 Å². The van der Waals surface area contributed by atoms with Crippen LogP contribution in [-0.4, -0.2) is 10.2 Å². The van der Waals surface area contributed by atoms with E-state index in [1.807, 2.05) is 24.4 Å². The molecule has 0 fully saturated rings. The Morgan fingerprint density at radius 2 is 2.10 bits per heavy atom. The van der Waals surface area contributed by atoms with Crippen molar-refractivity contribution in [1.82, 2.24) is 10.2 Å². The number of H-pyrrole nitrogens is 1. The SMILES string of the molecule is Cc1cccc(-c2c(N)n[nH]c2-c2scc(C)c2Cl)c1. The topological polar surface area (TPSA) is 54.7 Å². The number of benzene rings is 1. The molecule has 0 saturated heterocycles. The van der Waals surface area contributed by atoms with Gasteiger partial charge in [0, 0.05) is 0 Å². The molecule has 3 N–H and O–H groups in total. The summed E-state index contributed by atoms with van der Waals surface area (Å²) < 4.78 is 0. The van der Waals surface area contributed by atoms with E-state index in [1.54, 1.807) is 11.3 Å². The molecule has 0 aliphatic rings. The summed E-state index contributed by atoms with van der Waals surface area (Å²) in [5.41, 5.74) is 11.1. The van der Waals surface area contributed by atoms with Gasteiger partial charge >= 0.3 is 0 Å².